The Morgan fingerprint density at radius 1 is 1.06 bits per heavy atom. The van der Waals surface area contributed by atoms with Gasteiger partial charge < -0.3 is 4.98 Å². The maximum Gasteiger partial charge on any atom is 0.123 e. The van der Waals surface area contributed by atoms with Gasteiger partial charge in [-0.1, -0.05) is 27.7 Å². The summed E-state index contributed by atoms with van der Waals surface area (Å²) in [6, 6.07) is 12.7. The Labute approximate surface area is 117 Å². The standard InChI is InChI=1S/C14H9BrFNS/c15-9-1-6-13-12(7-9)14(8-17-13)18-11-4-2-10(16)3-5-11/h1-8,17H. The number of hydrogen-bond donors (Lipinski definition) is 1. The van der Waals surface area contributed by atoms with E-state index in [0.717, 1.165) is 19.8 Å². The van der Waals surface area contributed by atoms with Crippen molar-refractivity contribution in [2.24, 2.45) is 0 Å². The van der Waals surface area contributed by atoms with Gasteiger partial charge in [0.15, 0.2) is 0 Å². The summed E-state index contributed by atoms with van der Waals surface area (Å²) in [7, 11) is 0. The fourth-order valence-corrected chi connectivity index (χ4v) is 3.07. The van der Waals surface area contributed by atoms with Crippen LogP contribution in [0.15, 0.2) is 62.9 Å². The normalized spacial score (nSPS) is 11.0. The van der Waals surface area contributed by atoms with Crippen LogP contribution in [0, 0.1) is 5.82 Å². The van der Waals surface area contributed by atoms with Gasteiger partial charge in [-0.3, -0.25) is 0 Å². The largest absolute Gasteiger partial charge is 0.360 e. The molecule has 0 spiro atoms. The average molecular weight is 322 g/mol. The SMILES string of the molecule is Fc1ccc(Sc2c[nH]c3ccc(Br)cc23)cc1. The third-order valence-corrected chi connectivity index (χ3v) is 4.21. The van der Waals surface area contributed by atoms with E-state index in [4.69, 9.17) is 0 Å². The van der Waals surface area contributed by atoms with Crippen molar-refractivity contribution in [2.75, 3.05) is 0 Å². The predicted molar refractivity (Wildman–Crippen MR) is 76.5 cm³/mol. The number of halogens is 2. The first-order valence-electron chi connectivity index (χ1n) is 5.42. The minimum atomic E-state index is -0.207. The van der Waals surface area contributed by atoms with Crippen LogP contribution in [-0.2, 0) is 0 Å². The van der Waals surface area contributed by atoms with Crippen molar-refractivity contribution in [3.8, 4) is 0 Å². The van der Waals surface area contributed by atoms with Gasteiger partial charge in [0.1, 0.15) is 5.82 Å². The van der Waals surface area contributed by atoms with E-state index in [-0.39, 0.29) is 5.82 Å². The lowest BCUT2D eigenvalue weighted by atomic mass is 10.2. The first-order valence-corrected chi connectivity index (χ1v) is 7.03. The van der Waals surface area contributed by atoms with Crippen LogP contribution in [0.25, 0.3) is 10.9 Å². The number of nitrogens with one attached hydrogen (secondary N) is 1. The predicted octanol–water partition coefficient (Wildman–Crippen LogP) is 5.22. The van der Waals surface area contributed by atoms with Crippen molar-refractivity contribution in [3.63, 3.8) is 0 Å². The molecule has 1 aromatic heterocycles. The molecular formula is C14H9BrFNS. The molecule has 0 saturated carbocycles. The van der Waals surface area contributed by atoms with E-state index in [0.29, 0.717) is 0 Å². The molecule has 0 amide bonds. The lowest BCUT2D eigenvalue weighted by molar-refractivity contribution is 0.626. The maximum absolute atomic E-state index is 12.8. The molecule has 0 atom stereocenters. The van der Waals surface area contributed by atoms with Crippen molar-refractivity contribution < 1.29 is 4.39 Å². The van der Waals surface area contributed by atoms with E-state index in [2.05, 4.69) is 27.0 Å². The molecule has 0 radical (unpaired) electrons. The molecule has 0 unspecified atom stereocenters. The van der Waals surface area contributed by atoms with Crippen LogP contribution < -0.4 is 0 Å². The first-order chi connectivity index (χ1) is 8.72. The molecule has 3 rings (SSSR count). The summed E-state index contributed by atoms with van der Waals surface area (Å²) in [4.78, 5) is 5.39. The number of hydrogen-bond acceptors (Lipinski definition) is 1. The molecule has 0 bridgehead atoms. The van der Waals surface area contributed by atoms with Crippen LogP contribution >= 0.6 is 27.7 Å². The zero-order valence-electron chi connectivity index (χ0n) is 9.28. The van der Waals surface area contributed by atoms with E-state index >= 15 is 0 Å². The lowest BCUT2D eigenvalue weighted by Crippen LogP contribution is -1.74. The second-order valence-corrected chi connectivity index (χ2v) is 5.93. The van der Waals surface area contributed by atoms with Crippen molar-refractivity contribution in [1.29, 1.82) is 0 Å². The quantitative estimate of drug-likeness (QED) is 0.684. The van der Waals surface area contributed by atoms with Crippen LogP contribution in [0.5, 0.6) is 0 Å². The molecule has 1 N–H and O–H groups in total. The Bertz CT molecular complexity index is 691. The van der Waals surface area contributed by atoms with Gasteiger partial charge in [-0.2, -0.15) is 0 Å². The van der Waals surface area contributed by atoms with E-state index in [1.807, 2.05) is 18.3 Å². The second kappa shape index (κ2) is 4.78. The zero-order chi connectivity index (χ0) is 12.5. The van der Waals surface area contributed by atoms with Gasteiger partial charge in [-0.15, -0.1) is 0 Å². The van der Waals surface area contributed by atoms with Crippen molar-refractivity contribution >= 4 is 38.6 Å². The Hall–Kier alpha value is -1.26. The molecule has 90 valence electrons. The second-order valence-electron chi connectivity index (χ2n) is 3.90. The van der Waals surface area contributed by atoms with Gasteiger partial charge in [0.2, 0.25) is 0 Å². The van der Waals surface area contributed by atoms with E-state index in [1.54, 1.807) is 23.9 Å². The monoisotopic (exact) mass is 321 g/mol. The van der Waals surface area contributed by atoms with Crippen LogP contribution in [0.1, 0.15) is 0 Å². The Balaban J connectivity index is 1.99. The number of aromatic nitrogens is 1. The topological polar surface area (TPSA) is 15.8 Å². The number of aromatic amines is 1. The zero-order valence-corrected chi connectivity index (χ0v) is 11.7. The van der Waals surface area contributed by atoms with Gasteiger partial charge in [-0.25, -0.2) is 4.39 Å². The maximum atomic E-state index is 12.8. The molecule has 3 aromatic rings. The highest BCUT2D eigenvalue weighted by molar-refractivity contribution is 9.10. The van der Waals surface area contributed by atoms with E-state index in [9.17, 15) is 4.39 Å². The summed E-state index contributed by atoms with van der Waals surface area (Å²) in [6.07, 6.45) is 1.98. The summed E-state index contributed by atoms with van der Waals surface area (Å²) in [5.41, 5.74) is 1.10. The van der Waals surface area contributed by atoms with E-state index < -0.39 is 0 Å². The number of rotatable bonds is 2. The Morgan fingerprint density at radius 3 is 2.61 bits per heavy atom. The summed E-state index contributed by atoms with van der Waals surface area (Å²) >= 11 is 5.10. The summed E-state index contributed by atoms with van der Waals surface area (Å²) in [6.45, 7) is 0. The molecular weight excluding hydrogens is 313 g/mol. The van der Waals surface area contributed by atoms with Gasteiger partial charge in [0.05, 0.1) is 0 Å². The molecule has 0 aliphatic heterocycles. The fourth-order valence-electron chi connectivity index (χ4n) is 1.78. The van der Waals surface area contributed by atoms with Crippen molar-refractivity contribution in [3.05, 3.63) is 59.0 Å². The summed E-state index contributed by atoms with van der Waals surface area (Å²) in [5.74, 6) is -0.207. The summed E-state index contributed by atoms with van der Waals surface area (Å²) in [5, 5.41) is 1.17. The highest BCUT2D eigenvalue weighted by Gasteiger charge is 2.06. The van der Waals surface area contributed by atoms with Gasteiger partial charge in [0.25, 0.3) is 0 Å². The highest BCUT2D eigenvalue weighted by atomic mass is 79.9. The van der Waals surface area contributed by atoms with Crippen molar-refractivity contribution in [1.82, 2.24) is 4.98 Å². The molecule has 18 heavy (non-hydrogen) atoms. The third-order valence-electron chi connectivity index (χ3n) is 2.65. The Kier molecular flexibility index (Phi) is 3.14. The molecule has 2 aromatic carbocycles. The van der Waals surface area contributed by atoms with Gasteiger partial charge in [0, 0.05) is 31.4 Å². The highest BCUT2D eigenvalue weighted by Crippen LogP contribution is 2.34. The minimum absolute atomic E-state index is 0.207. The smallest absolute Gasteiger partial charge is 0.123 e. The van der Waals surface area contributed by atoms with Crippen LogP contribution in [0.4, 0.5) is 4.39 Å². The molecule has 4 heteroatoms. The van der Waals surface area contributed by atoms with Crippen molar-refractivity contribution in [2.45, 2.75) is 9.79 Å². The van der Waals surface area contributed by atoms with Crippen LogP contribution in [0.3, 0.4) is 0 Å². The molecule has 0 saturated heterocycles. The fraction of sp³-hybridized carbons (Fsp3) is 0. The average Bonchev–Trinajstić information content (AvgIpc) is 2.75. The molecule has 1 heterocycles. The first kappa shape index (κ1) is 11.8. The van der Waals surface area contributed by atoms with Gasteiger partial charge >= 0.3 is 0 Å². The number of benzene rings is 2. The Morgan fingerprint density at radius 2 is 1.83 bits per heavy atom. The van der Waals surface area contributed by atoms with Gasteiger partial charge in [-0.05, 0) is 42.5 Å². The number of H-pyrrole nitrogens is 1. The molecule has 0 aliphatic carbocycles. The molecule has 0 aliphatic rings. The summed E-state index contributed by atoms with van der Waals surface area (Å²) < 4.78 is 13.9. The van der Waals surface area contributed by atoms with E-state index in [1.165, 1.54) is 17.5 Å². The number of fused-ring (bicyclic) bond motifs is 1. The van der Waals surface area contributed by atoms with Crippen LogP contribution in [0.2, 0.25) is 0 Å². The lowest BCUT2D eigenvalue weighted by Gasteiger charge is -2.00. The minimum Gasteiger partial charge on any atom is -0.360 e. The molecule has 1 nitrogen and oxygen atoms in total. The van der Waals surface area contributed by atoms with Crippen LogP contribution in [-0.4, -0.2) is 4.98 Å². The molecule has 0 fully saturated rings. The third kappa shape index (κ3) is 2.31.